The van der Waals surface area contributed by atoms with Crippen LogP contribution in [0.5, 0.6) is 0 Å². The fourth-order valence-electron chi connectivity index (χ4n) is 3.45. The Labute approximate surface area is 177 Å². The molecule has 4 rings (SSSR count). The first-order chi connectivity index (χ1) is 14.0. The molecule has 0 bridgehead atoms. The number of amides is 2. The Balaban J connectivity index is 1.47. The summed E-state index contributed by atoms with van der Waals surface area (Å²) in [7, 11) is 0. The Morgan fingerprint density at radius 1 is 1.28 bits per heavy atom. The number of nitrogens with zero attached hydrogens (tertiary/aromatic N) is 1. The summed E-state index contributed by atoms with van der Waals surface area (Å²) in [5, 5.41) is 8.65. The summed E-state index contributed by atoms with van der Waals surface area (Å²) in [6, 6.07) is 11.1. The van der Waals surface area contributed by atoms with Gasteiger partial charge in [0.25, 0.3) is 0 Å². The third kappa shape index (κ3) is 4.06. The highest BCUT2D eigenvalue weighted by Gasteiger charge is 2.46. The maximum atomic E-state index is 13.1. The van der Waals surface area contributed by atoms with E-state index in [-0.39, 0.29) is 11.8 Å². The van der Waals surface area contributed by atoms with E-state index in [4.69, 9.17) is 16.0 Å². The monoisotopic (exact) mass is 429 g/mol. The number of hydrogen-bond acceptors (Lipinski definition) is 5. The van der Waals surface area contributed by atoms with Crippen molar-refractivity contribution in [2.75, 3.05) is 5.32 Å². The summed E-state index contributed by atoms with van der Waals surface area (Å²) in [5.41, 5.74) is 1.04. The summed E-state index contributed by atoms with van der Waals surface area (Å²) in [5.74, 6) is 1.06. The second-order valence-electron chi connectivity index (χ2n) is 7.11. The molecule has 0 atom stereocenters. The van der Waals surface area contributed by atoms with Crippen LogP contribution in [0.25, 0.3) is 11.5 Å². The van der Waals surface area contributed by atoms with E-state index in [2.05, 4.69) is 15.6 Å². The molecule has 1 aliphatic carbocycles. The van der Waals surface area contributed by atoms with Crippen LogP contribution < -0.4 is 10.6 Å². The van der Waals surface area contributed by atoms with Crippen molar-refractivity contribution < 1.29 is 14.0 Å². The van der Waals surface area contributed by atoms with Gasteiger partial charge in [0.05, 0.1) is 12.0 Å². The third-order valence-electron chi connectivity index (χ3n) is 5.17. The summed E-state index contributed by atoms with van der Waals surface area (Å²) in [6.45, 7) is 1.78. The van der Waals surface area contributed by atoms with Crippen molar-refractivity contribution in [2.24, 2.45) is 0 Å². The van der Waals surface area contributed by atoms with Crippen LogP contribution in [0.1, 0.15) is 37.5 Å². The minimum atomic E-state index is -0.549. The van der Waals surface area contributed by atoms with Gasteiger partial charge in [-0.05, 0) is 42.7 Å². The molecule has 1 aromatic carbocycles. The van der Waals surface area contributed by atoms with Crippen LogP contribution in [0.3, 0.4) is 0 Å². The van der Waals surface area contributed by atoms with Gasteiger partial charge in [-0.25, -0.2) is 4.98 Å². The van der Waals surface area contributed by atoms with Crippen LogP contribution in [0.2, 0.25) is 5.02 Å². The maximum absolute atomic E-state index is 13.1. The van der Waals surface area contributed by atoms with E-state index in [0.717, 1.165) is 24.8 Å². The Morgan fingerprint density at radius 2 is 2.10 bits per heavy atom. The van der Waals surface area contributed by atoms with Crippen molar-refractivity contribution in [1.29, 1.82) is 0 Å². The average molecular weight is 430 g/mol. The molecule has 1 saturated carbocycles. The zero-order valence-corrected chi connectivity index (χ0v) is 17.4. The number of carbonyl (C=O) groups is 2. The SMILES string of the molecule is CC(=O)NCc1ccc(-c2csc(NC(=O)C3(c4cccc(Cl)c4)CCC3)n2)o1. The van der Waals surface area contributed by atoms with Crippen LogP contribution >= 0.6 is 22.9 Å². The van der Waals surface area contributed by atoms with Gasteiger partial charge >= 0.3 is 0 Å². The van der Waals surface area contributed by atoms with Gasteiger partial charge in [0.2, 0.25) is 11.8 Å². The molecule has 0 unspecified atom stereocenters. The number of rotatable bonds is 6. The molecular formula is C21H20ClN3O3S. The van der Waals surface area contributed by atoms with Gasteiger partial charge in [0, 0.05) is 17.3 Å². The molecule has 29 heavy (non-hydrogen) atoms. The molecule has 1 fully saturated rings. The second-order valence-corrected chi connectivity index (χ2v) is 8.41. The maximum Gasteiger partial charge on any atom is 0.236 e. The van der Waals surface area contributed by atoms with Gasteiger partial charge in [-0.2, -0.15) is 0 Å². The Bertz CT molecular complexity index is 1050. The molecule has 2 N–H and O–H groups in total. The van der Waals surface area contributed by atoms with Crippen LogP contribution in [0, 0.1) is 0 Å². The number of aromatic nitrogens is 1. The zero-order chi connectivity index (χ0) is 20.4. The number of halogens is 1. The summed E-state index contributed by atoms with van der Waals surface area (Å²) >= 11 is 7.48. The number of benzene rings is 1. The van der Waals surface area contributed by atoms with E-state index >= 15 is 0 Å². The van der Waals surface area contributed by atoms with E-state index in [0.29, 0.717) is 33.9 Å². The minimum Gasteiger partial charge on any atom is -0.458 e. The Morgan fingerprint density at radius 3 is 2.79 bits per heavy atom. The first-order valence-corrected chi connectivity index (χ1v) is 10.6. The first kappa shape index (κ1) is 19.7. The molecule has 3 aromatic rings. The lowest BCUT2D eigenvalue weighted by Crippen LogP contribution is -2.46. The summed E-state index contributed by atoms with van der Waals surface area (Å²) in [4.78, 5) is 28.6. The Hall–Kier alpha value is -2.64. The van der Waals surface area contributed by atoms with Gasteiger partial charge in [0.15, 0.2) is 10.9 Å². The Kier molecular flexibility index (Phi) is 5.43. The van der Waals surface area contributed by atoms with Crippen LogP contribution in [-0.4, -0.2) is 16.8 Å². The van der Waals surface area contributed by atoms with Gasteiger partial charge in [-0.3, -0.25) is 9.59 Å². The molecule has 2 heterocycles. The van der Waals surface area contributed by atoms with E-state index in [9.17, 15) is 9.59 Å². The van der Waals surface area contributed by atoms with Crippen molar-refractivity contribution >= 4 is 39.9 Å². The lowest BCUT2D eigenvalue weighted by atomic mass is 9.64. The zero-order valence-electron chi connectivity index (χ0n) is 15.8. The van der Waals surface area contributed by atoms with E-state index < -0.39 is 5.41 Å². The highest BCUT2D eigenvalue weighted by Crippen LogP contribution is 2.45. The van der Waals surface area contributed by atoms with Gasteiger partial charge in [-0.1, -0.05) is 30.2 Å². The molecule has 1 aliphatic rings. The van der Waals surface area contributed by atoms with Crippen LogP contribution in [-0.2, 0) is 21.5 Å². The average Bonchev–Trinajstić information content (AvgIpc) is 3.28. The minimum absolute atomic E-state index is 0.0577. The first-order valence-electron chi connectivity index (χ1n) is 9.33. The molecule has 2 amide bonds. The lowest BCUT2D eigenvalue weighted by Gasteiger charge is -2.40. The molecule has 6 nitrogen and oxygen atoms in total. The van der Waals surface area contributed by atoms with Crippen molar-refractivity contribution in [1.82, 2.24) is 10.3 Å². The number of hydrogen-bond donors (Lipinski definition) is 2. The van der Waals surface area contributed by atoms with Gasteiger partial charge in [-0.15, -0.1) is 11.3 Å². The number of anilines is 1. The fraction of sp³-hybridized carbons (Fsp3) is 0.286. The lowest BCUT2D eigenvalue weighted by molar-refractivity contribution is -0.124. The highest BCUT2D eigenvalue weighted by molar-refractivity contribution is 7.14. The largest absolute Gasteiger partial charge is 0.458 e. The van der Waals surface area contributed by atoms with E-state index in [1.54, 1.807) is 12.1 Å². The molecule has 0 spiro atoms. The molecular weight excluding hydrogens is 410 g/mol. The summed E-state index contributed by atoms with van der Waals surface area (Å²) in [6.07, 6.45) is 2.59. The number of thiazole rings is 1. The predicted octanol–water partition coefficient (Wildman–Crippen LogP) is 4.75. The number of carbonyl (C=O) groups excluding carboxylic acids is 2. The summed E-state index contributed by atoms with van der Waals surface area (Å²) < 4.78 is 5.72. The van der Waals surface area contributed by atoms with Crippen molar-refractivity contribution in [3.05, 3.63) is 58.1 Å². The molecule has 0 radical (unpaired) electrons. The van der Waals surface area contributed by atoms with Gasteiger partial charge < -0.3 is 15.1 Å². The van der Waals surface area contributed by atoms with Crippen molar-refractivity contribution in [3.8, 4) is 11.5 Å². The predicted molar refractivity (Wildman–Crippen MR) is 113 cm³/mol. The third-order valence-corrected chi connectivity index (χ3v) is 6.16. The van der Waals surface area contributed by atoms with Gasteiger partial charge in [0.1, 0.15) is 11.5 Å². The number of nitrogens with one attached hydrogen (secondary N) is 2. The smallest absolute Gasteiger partial charge is 0.236 e. The van der Waals surface area contributed by atoms with Crippen LogP contribution in [0.4, 0.5) is 5.13 Å². The highest BCUT2D eigenvalue weighted by atomic mass is 35.5. The second kappa shape index (κ2) is 8.00. The van der Waals surface area contributed by atoms with Crippen molar-refractivity contribution in [2.45, 2.75) is 38.1 Å². The van der Waals surface area contributed by atoms with Crippen molar-refractivity contribution in [3.63, 3.8) is 0 Å². The molecule has 150 valence electrons. The molecule has 0 saturated heterocycles. The molecule has 8 heteroatoms. The van der Waals surface area contributed by atoms with E-state index in [1.165, 1.54) is 18.3 Å². The van der Waals surface area contributed by atoms with E-state index in [1.807, 2.05) is 29.6 Å². The number of furan rings is 1. The topological polar surface area (TPSA) is 84.2 Å². The normalized spacial score (nSPS) is 14.8. The molecule has 0 aliphatic heterocycles. The van der Waals surface area contributed by atoms with Crippen LogP contribution in [0.15, 0.2) is 46.2 Å². The fourth-order valence-corrected chi connectivity index (χ4v) is 4.33. The quantitative estimate of drug-likeness (QED) is 0.592. The standard InChI is InChI=1S/C21H20ClN3O3S/c1-13(26)23-11-16-6-7-18(28-16)17-12-29-20(24-17)25-19(27)21(8-3-9-21)14-4-2-5-15(22)10-14/h2,4-7,10,12H,3,8-9,11H2,1H3,(H,23,26)(H,24,25,27). The molecule has 2 aromatic heterocycles.